The van der Waals surface area contributed by atoms with Crippen LogP contribution in [0.25, 0.3) is 6.08 Å². The van der Waals surface area contributed by atoms with E-state index in [9.17, 15) is 14.9 Å². The standard InChI is InChI=1S/C22H22N2O5/c1-23(20-8-4-6-15-5-2-3-7-19(15)20)21(25)10-9-16-11-18(24(26)27)12-17-13-28-14-29-22(16)17/h2-3,5,7,9-12,20H,4,6,8,13-14H2,1H3/b10-9+/t20-/m1/s1. The highest BCUT2D eigenvalue weighted by molar-refractivity contribution is 5.92. The Morgan fingerprint density at radius 2 is 2.10 bits per heavy atom. The molecule has 0 aromatic heterocycles. The van der Waals surface area contributed by atoms with Crippen LogP contribution < -0.4 is 4.74 Å². The van der Waals surface area contributed by atoms with Gasteiger partial charge in [-0.05, 0) is 36.5 Å². The van der Waals surface area contributed by atoms with Crippen LogP contribution in [0.1, 0.15) is 41.1 Å². The van der Waals surface area contributed by atoms with Gasteiger partial charge < -0.3 is 14.4 Å². The van der Waals surface area contributed by atoms with Gasteiger partial charge in [-0.25, -0.2) is 0 Å². The molecule has 0 saturated carbocycles. The summed E-state index contributed by atoms with van der Waals surface area (Å²) in [6.07, 6.45) is 6.03. The van der Waals surface area contributed by atoms with E-state index in [0.717, 1.165) is 19.3 Å². The summed E-state index contributed by atoms with van der Waals surface area (Å²) in [6, 6.07) is 11.1. The second kappa shape index (κ2) is 8.05. The number of nitrogens with zero attached hydrogens (tertiary/aromatic N) is 2. The largest absolute Gasteiger partial charge is 0.467 e. The van der Waals surface area contributed by atoms with Gasteiger partial charge in [0.15, 0.2) is 6.79 Å². The molecule has 0 unspecified atom stereocenters. The van der Waals surface area contributed by atoms with Crippen LogP contribution in [0, 0.1) is 10.1 Å². The Morgan fingerprint density at radius 3 is 2.93 bits per heavy atom. The molecule has 0 N–H and O–H groups in total. The van der Waals surface area contributed by atoms with Gasteiger partial charge in [0, 0.05) is 36.4 Å². The van der Waals surface area contributed by atoms with Crippen LogP contribution in [0.5, 0.6) is 5.75 Å². The quantitative estimate of drug-likeness (QED) is 0.445. The third-order valence-electron chi connectivity index (χ3n) is 5.49. The summed E-state index contributed by atoms with van der Waals surface area (Å²) in [4.78, 5) is 25.4. The van der Waals surface area contributed by atoms with Crippen molar-refractivity contribution in [2.45, 2.75) is 31.9 Å². The van der Waals surface area contributed by atoms with Crippen molar-refractivity contribution in [3.63, 3.8) is 0 Å². The molecule has 0 radical (unpaired) electrons. The average molecular weight is 394 g/mol. The van der Waals surface area contributed by atoms with E-state index < -0.39 is 4.92 Å². The van der Waals surface area contributed by atoms with Gasteiger partial charge in [-0.2, -0.15) is 0 Å². The molecule has 2 aliphatic rings. The highest BCUT2D eigenvalue weighted by Gasteiger charge is 2.26. The van der Waals surface area contributed by atoms with Gasteiger partial charge in [-0.3, -0.25) is 14.9 Å². The molecule has 2 aromatic carbocycles. The van der Waals surface area contributed by atoms with E-state index in [0.29, 0.717) is 16.9 Å². The zero-order chi connectivity index (χ0) is 20.4. The Hall–Kier alpha value is -3.19. The summed E-state index contributed by atoms with van der Waals surface area (Å²) >= 11 is 0. The molecule has 4 rings (SSSR count). The van der Waals surface area contributed by atoms with Crippen molar-refractivity contribution in [2.24, 2.45) is 0 Å². The lowest BCUT2D eigenvalue weighted by atomic mass is 9.87. The van der Waals surface area contributed by atoms with Crippen molar-refractivity contribution in [3.05, 3.63) is 74.8 Å². The summed E-state index contributed by atoms with van der Waals surface area (Å²) in [6.45, 7) is 0.322. The maximum Gasteiger partial charge on any atom is 0.270 e. The van der Waals surface area contributed by atoms with Crippen LogP contribution in [-0.4, -0.2) is 29.6 Å². The van der Waals surface area contributed by atoms with Crippen molar-refractivity contribution >= 4 is 17.7 Å². The number of amides is 1. The first-order valence-corrected chi connectivity index (χ1v) is 9.59. The van der Waals surface area contributed by atoms with E-state index in [4.69, 9.17) is 9.47 Å². The summed E-state index contributed by atoms with van der Waals surface area (Å²) in [5.41, 5.74) is 3.53. The summed E-state index contributed by atoms with van der Waals surface area (Å²) in [7, 11) is 1.80. The second-order valence-electron chi connectivity index (χ2n) is 7.28. The minimum atomic E-state index is -0.459. The molecule has 2 aromatic rings. The van der Waals surface area contributed by atoms with Crippen LogP contribution >= 0.6 is 0 Å². The molecule has 7 heteroatoms. The van der Waals surface area contributed by atoms with Crippen LogP contribution in [0.4, 0.5) is 5.69 Å². The Morgan fingerprint density at radius 1 is 1.28 bits per heavy atom. The maximum atomic E-state index is 12.9. The van der Waals surface area contributed by atoms with E-state index in [1.165, 1.54) is 29.3 Å². The molecule has 1 aliphatic carbocycles. The molecule has 150 valence electrons. The highest BCUT2D eigenvalue weighted by Crippen LogP contribution is 2.35. The monoisotopic (exact) mass is 394 g/mol. The number of ether oxygens (including phenoxy) is 2. The van der Waals surface area contributed by atoms with E-state index in [2.05, 4.69) is 12.1 Å². The predicted molar refractivity (Wildman–Crippen MR) is 107 cm³/mol. The van der Waals surface area contributed by atoms with Crippen molar-refractivity contribution < 1.29 is 19.2 Å². The minimum Gasteiger partial charge on any atom is -0.467 e. The first-order chi connectivity index (χ1) is 14.0. The number of nitro groups is 1. The molecule has 29 heavy (non-hydrogen) atoms. The molecule has 0 spiro atoms. The molecule has 0 saturated heterocycles. The normalized spacial score (nSPS) is 17.9. The Balaban J connectivity index is 1.59. The third-order valence-corrected chi connectivity index (χ3v) is 5.49. The number of hydrogen-bond acceptors (Lipinski definition) is 5. The van der Waals surface area contributed by atoms with Crippen LogP contribution in [0.3, 0.4) is 0 Å². The zero-order valence-corrected chi connectivity index (χ0v) is 16.2. The van der Waals surface area contributed by atoms with Crippen LogP contribution in [0.15, 0.2) is 42.5 Å². The number of carbonyl (C=O) groups is 1. The fourth-order valence-electron chi connectivity index (χ4n) is 4.02. The Kier molecular flexibility index (Phi) is 5.31. The molecular weight excluding hydrogens is 372 g/mol. The number of benzene rings is 2. The lowest BCUT2D eigenvalue weighted by Crippen LogP contribution is -2.32. The van der Waals surface area contributed by atoms with Crippen molar-refractivity contribution in [1.29, 1.82) is 0 Å². The molecule has 1 atom stereocenters. The number of rotatable bonds is 4. The summed E-state index contributed by atoms with van der Waals surface area (Å²) in [5, 5.41) is 11.2. The topological polar surface area (TPSA) is 81.9 Å². The minimum absolute atomic E-state index is 0.0285. The lowest BCUT2D eigenvalue weighted by molar-refractivity contribution is -0.385. The average Bonchev–Trinajstić information content (AvgIpc) is 2.76. The number of fused-ring (bicyclic) bond motifs is 2. The zero-order valence-electron chi connectivity index (χ0n) is 16.2. The summed E-state index contributed by atoms with van der Waals surface area (Å²) in [5.74, 6) is 0.371. The number of nitro benzene ring substituents is 1. The van der Waals surface area contributed by atoms with Crippen molar-refractivity contribution in [2.75, 3.05) is 13.8 Å². The van der Waals surface area contributed by atoms with Gasteiger partial charge in [0.25, 0.3) is 5.69 Å². The van der Waals surface area contributed by atoms with Crippen molar-refractivity contribution in [3.8, 4) is 5.75 Å². The number of non-ortho nitro benzene ring substituents is 1. The molecular formula is C22H22N2O5. The first-order valence-electron chi connectivity index (χ1n) is 9.59. The van der Waals surface area contributed by atoms with Gasteiger partial charge in [0.1, 0.15) is 5.75 Å². The van der Waals surface area contributed by atoms with E-state index in [1.54, 1.807) is 18.0 Å². The predicted octanol–water partition coefficient (Wildman–Crippen LogP) is 4.01. The lowest BCUT2D eigenvalue weighted by Gasteiger charge is -2.32. The highest BCUT2D eigenvalue weighted by atomic mass is 16.7. The SMILES string of the molecule is CN(C(=O)/C=C/c1cc([N+](=O)[O-])cc2c1OCOC2)[C@@H]1CCCc2ccccc21. The van der Waals surface area contributed by atoms with E-state index >= 15 is 0 Å². The smallest absolute Gasteiger partial charge is 0.270 e. The summed E-state index contributed by atoms with van der Waals surface area (Å²) < 4.78 is 10.7. The number of aryl methyl sites for hydroxylation is 1. The van der Waals surface area contributed by atoms with Gasteiger partial charge >= 0.3 is 0 Å². The van der Waals surface area contributed by atoms with Gasteiger partial charge in [0.2, 0.25) is 5.91 Å². The van der Waals surface area contributed by atoms with E-state index in [1.807, 2.05) is 12.1 Å². The van der Waals surface area contributed by atoms with Crippen LogP contribution in [-0.2, 0) is 22.6 Å². The second-order valence-corrected chi connectivity index (χ2v) is 7.28. The fraction of sp³-hybridized carbons (Fsp3) is 0.318. The molecule has 0 fully saturated rings. The van der Waals surface area contributed by atoms with Crippen molar-refractivity contribution in [1.82, 2.24) is 4.90 Å². The van der Waals surface area contributed by atoms with Gasteiger partial charge in [0.05, 0.1) is 17.6 Å². The van der Waals surface area contributed by atoms with Gasteiger partial charge in [-0.1, -0.05) is 24.3 Å². The van der Waals surface area contributed by atoms with Gasteiger partial charge in [-0.15, -0.1) is 0 Å². The molecule has 1 heterocycles. The molecule has 1 aliphatic heterocycles. The first kappa shape index (κ1) is 19.1. The third kappa shape index (κ3) is 3.86. The molecule has 0 bridgehead atoms. The molecule has 7 nitrogen and oxygen atoms in total. The fourth-order valence-corrected chi connectivity index (χ4v) is 4.02. The Bertz CT molecular complexity index is 985. The van der Waals surface area contributed by atoms with E-state index in [-0.39, 0.29) is 31.0 Å². The number of likely N-dealkylation sites (N-methyl/N-ethyl adjacent to an activating group) is 1. The number of hydrogen-bond donors (Lipinski definition) is 0. The number of carbonyl (C=O) groups excluding carboxylic acids is 1. The molecule has 1 amide bonds. The van der Waals surface area contributed by atoms with Crippen LogP contribution in [0.2, 0.25) is 0 Å². The maximum absolute atomic E-state index is 12.9. The Labute approximate surface area is 168 Å².